The zero-order valence-electron chi connectivity index (χ0n) is 9.27. The van der Waals surface area contributed by atoms with Gasteiger partial charge in [0, 0.05) is 12.6 Å². The number of alkyl carbamates (subject to hydrolysis) is 1. The molecule has 2 atom stereocenters. The van der Waals surface area contributed by atoms with Gasteiger partial charge in [-0.15, -0.1) is 0 Å². The zero-order valence-corrected chi connectivity index (χ0v) is 9.27. The maximum Gasteiger partial charge on any atom is 0.407 e. The first-order valence-electron chi connectivity index (χ1n) is 5.48. The molecule has 1 fully saturated rings. The van der Waals surface area contributed by atoms with Crippen LogP contribution in [0.25, 0.3) is 0 Å². The molecule has 1 aliphatic rings. The standard InChI is InChI=1S/C12H16N2O2/c1-9(10-5-3-2-4-6-10)13-7-11-8-14-12(15)16-11/h2-6,9,11,13H,7-8H2,1H3,(H,14,15)/t9-,11-/m1/s1. The summed E-state index contributed by atoms with van der Waals surface area (Å²) >= 11 is 0. The van der Waals surface area contributed by atoms with Crippen molar-refractivity contribution < 1.29 is 9.53 Å². The summed E-state index contributed by atoms with van der Waals surface area (Å²) in [5, 5.41) is 5.98. The van der Waals surface area contributed by atoms with Crippen molar-refractivity contribution in [3.63, 3.8) is 0 Å². The Morgan fingerprint density at radius 3 is 2.88 bits per heavy atom. The summed E-state index contributed by atoms with van der Waals surface area (Å²) < 4.78 is 5.04. The van der Waals surface area contributed by atoms with Crippen LogP contribution in [0.2, 0.25) is 0 Å². The highest BCUT2D eigenvalue weighted by Gasteiger charge is 2.22. The third kappa shape index (κ3) is 2.73. The Morgan fingerprint density at radius 1 is 1.50 bits per heavy atom. The van der Waals surface area contributed by atoms with Gasteiger partial charge in [-0.25, -0.2) is 4.79 Å². The molecule has 4 heteroatoms. The maximum atomic E-state index is 10.8. The summed E-state index contributed by atoms with van der Waals surface area (Å²) in [5.41, 5.74) is 1.24. The van der Waals surface area contributed by atoms with E-state index >= 15 is 0 Å². The van der Waals surface area contributed by atoms with Gasteiger partial charge in [0.1, 0.15) is 6.10 Å². The average molecular weight is 220 g/mol. The summed E-state index contributed by atoms with van der Waals surface area (Å²) in [7, 11) is 0. The Balaban J connectivity index is 1.80. The Labute approximate surface area is 95.0 Å². The summed E-state index contributed by atoms with van der Waals surface area (Å²) in [6.45, 7) is 3.36. The number of amides is 1. The van der Waals surface area contributed by atoms with E-state index in [0.717, 1.165) is 0 Å². The van der Waals surface area contributed by atoms with Crippen LogP contribution in [0.5, 0.6) is 0 Å². The fourth-order valence-electron chi connectivity index (χ4n) is 1.71. The summed E-state index contributed by atoms with van der Waals surface area (Å²) in [6.07, 6.45) is -0.377. The van der Waals surface area contributed by atoms with Crippen LogP contribution in [0.4, 0.5) is 4.79 Å². The average Bonchev–Trinajstić information content (AvgIpc) is 2.73. The molecule has 0 unspecified atom stereocenters. The molecule has 16 heavy (non-hydrogen) atoms. The molecule has 86 valence electrons. The van der Waals surface area contributed by atoms with E-state index in [4.69, 9.17) is 4.74 Å². The molecule has 0 aromatic heterocycles. The zero-order chi connectivity index (χ0) is 11.4. The molecule has 0 bridgehead atoms. The molecule has 0 saturated carbocycles. The Kier molecular flexibility index (Phi) is 3.41. The largest absolute Gasteiger partial charge is 0.443 e. The van der Waals surface area contributed by atoms with Crippen molar-refractivity contribution in [2.24, 2.45) is 0 Å². The predicted molar refractivity (Wildman–Crippen MR) is 61.1 cm³/mol. The van der Waals surface area contributed by atoms with E-state index in [1.807, 2.05) is 18.2 Å². The normalized spacial score (nSPS) is 21.3. The molecular weight excluding hydrogens is 204 g/mol. The Morgan fingerprint density at radius 2 is 2.25 bits per heavy atom. The highest BCUT2D eigenvalue weighted by molar-refractivity contribution is 5.69. The number of benzene rings is 1. The maximum absolute atomic E-state index is 10.8. The lowest BCUT2D eigenvalue weighted by Gasteiger charge is -2.16. The van der Waals surface area contributed by atoms with Crippen LogP contribution in [-0.2, 0) is 4.74 Å². The second kappa shape index (κ2) is 4.99. The van der Waals surface area contributed by atoms with Gasteiger partial charge in [0.05, 0.1) is 6.54 Å². The van der Waals surface area contributed by atoms with Crippen molar-refractivity contribution in [1.29, 1.82) is 0 Å². The number of hydrogen-bond donors (Lipinski definition) is 2. The van der Waals surface area contributed by atoms with E-state index in [-0.39, 0.29) is 18.2 Å². The second-order valence-corrected chi connectivity index (χ2v) is 3.95. The number of hydrogen-bond acceptors (Lipinski definition) is 3. The summed E-state index contributed by atoms with van der Waals surface area (Å²) in [5.74, 6) is 0. The van der Waals surface area contributed by atoms with E-state index < -0.39 is 0 Å². The summed E-state index contributed by atoms with van der Waals surface area (Å²) in [4.78, 5) is 10.8. The lowest BCUT2D eigenvalue weighted by atomic mass is 10.1. The van der Waals surface area contributed by atoms with Crippen LogP contribution in [0.3, 0.4) is 0 Å². The van der Waals surface area contributed by atoms with Gasteiger partial charge >= 0.3 is 6.09 Å². The second-order valence-electron chi connectivity index (χ2n) is 3.95. The lowest BCUT2D eigenvalue weighted by molar-refractivity contribution is 0.138. The van der Waals surface area contributed by atoms with E-state index in [9.17, 15) is 4.79 Å². The van der Waals surface area contributed by atoms with Gasteiger partial charge in [-0.1, -0.05) is 30.3 Å². The molecule has 0 radical (unpaired) electrons. The van der Waals surface area contributed by atoms with Gasteiger partial charge in [-0.2, -0.15) is 0 Å². The van der Waals surface area contributed by atoms with E-state index in [0.29, 0.717) is 13.1 Å². The molecule has 1 aromatic rings. The van der Waals surface area contributed by atoms with Crippen molar-refractivity contribution in [3.8, 4) is 0 Å². The van der Waals surface area contributed by atoms with Crippen LogP contribution in [-0.4, -0.2) is 25.3 Å². The van der Waals surface area contributed by atoms with Gasteiger partial charge in [-0.3, -0.25) is 0 Å². The fourth-order valence-corrected chi connectivity index (χ4v) is 1.71. The molecule has 2 N–H and O–H groups in total. The minimum Gasteiger partial charge on any atom is -0.443 e. The van der Waals surface area contributed by atoms with E-state index in [2.05, 4.69) is 29.7 Å². The molecule has 2 rings (SSSR count). The SMILES string of the molecule is C[C@@H](NC[C@@H]1CNC(=O)O1)c1ccccc1. The molecule has 0 spiro atoms. The van der Waals surface area contributed by atoms with Crippen LogP contribution >= 0.6 is 0 Å². The quantitative estimate of drug-likeness (QED) is 0.807. The van der Waals surface area contributed by atoms with Crippen LogP contribution < -0.4 is 10.6 Å². The number of carbonyl (C=O) groups excluding carboxylic acids is 1. The molecule has 1 aliphatic heterocycles. The van der Waals surface area contributed by atoms with Gasteiger partial charge in [0.15, 0.2) is 0 Å². The Hall–Kier alpha value is -1.55. The lowest BCUT2D eigenvalue weighted by Crippen LogP contribution is -2.31. The Bertz CT molecular complexity index is 353. The predicted octanol–water partition coefficient (Wildman–Crippen LogP) is 1.45. The minimum absolute atomic E-state index is 0.0568. The van der Waals surface area contributed by atoms with Crippen molar-refractivity contribution in [2.75, 3.05) is 13.1 Å². The molecule has 1 amide bonds. The first-order valence-corrected chi connectivity index (χ1v) is 5.48. The van der Waals surface area contributed by atoms with Crippen LogP contribution in [0.1, 0.15) is 18.5 Å². The molecule has 1 heterocycles. The smallest absolute Gasteiger partial charge is 0.407 e. The van der Waals surface area contributed by atoms with Crippen LogP contribution in [0, 0.1) is 0 Å². The topological polar surface area (TPSA) is 50.4 Å². The van der Waals surface area contributed by atoms with Crippen molar-refractivity contribution in [2.45, 2.75) is 19.1 Å². The fraction of sp³-hybridized carbons (Fsp3) is 0.417. The van der Waals surface area contributed by atoms with E-state index in [1.54, 1.807) is 0 Å². The number of nitrogens with one attached hydrogen (secondary N) is 2. The van der Waals surface area contributed by atoms with Crippen LogP contribution in [0.15, 0.2) is 30.3 Å². The van der Waals surface area contributed by atoms with Gasteiger partial charge in [-0.05, 0) is 12.5 Å². The molecule has 4 nitrogen and oxygen atoms in total. The highest BCUT2D eigenvalue weighted by atomic mass is 16.6. The van der Waals surface area contributed by atoms with E-state index in [1.165, 1.54) is 5.56 Å². The number of ether oxygens (including phenoxy) is 1. The highest BCUT2D eigenvalue weighted by Crippen LogP contribution is 2.11. The molecular formula is C12H16N2O2. The van der Waals surface area contributed by atoms with Crippen molar-refractivity contribution in [1.82, 2.24) is 10.6 Å². The van der Waals surface area contributed by atoms with Crippen molar-refractivity contribution >= 4 is 6.09 Å². The van der Waals surface area contributed by atoms with Gasteiger partial charge in [0.2, 0.25) is 0 Å². The van der Waals surface area contributed by atoms with Gasteiger partial charge < -0.3 is 15.4 Å². The number of carbonyl (C=O) groups is 1. The first kappa shape index (κ1) is 11.0. The molecule has 1 saturated heterocycles. The minimum atomic E-state index is -0.320. The first-order chi connectivity index (χ1) is 7.75. The number of cyclic esters (lactones) is 1. The third-order valence-electron chi connectivity index (χ3n) is 2.70. The summed E-state index contributed by atoms with van der Waals surface area (Å²) in [6, 6.07) is 10.5. The third-order valence-corrected chi connectivity index (χ3v) is 2.70. The number of rotatable bonds is 4. The molecule has 0 aliphatic carbocycles. The van der Waals surface area contributed by atoms with Gasteiger partial charge in [0.25, 0.3) is 0 Å². The molecule has 1 aromatic carbocycles. The van der Waals surface area contributed by atoms with Crippen molar-refractivity contribution in [3.05, 3.63) is 35.9 Å². The monoisotopic (exact) mass is 220 g/mol.